The van der Waals surface area contributed by atoms with Gasteiger partial charge in [0.25, 0.3) is 0 Å². The van der Waals surface area contributed by atoms with Crippen molar-refractivity contribution >= 4 is 6.09 Å². The highest BCUT2D eigenvalue weighted by atomic mass is 19.1. The van der Waals surface area contributed by atoms with Gasteiger partial charge in [0.05, 0.1) is 0 Å². The van der Waals surface area contributed by atoms with Crippen LogP contribution in [-0.4, -0.2) is 16.3 Å². The predicted molar refractivity (Wildman–Crippen MR) is 42.9 cm³/mol. The summed E-state index contributed by atoms with van der Waals surface area (Å²) in [7, 11) is 0. The number of rotatable bonds is 2. The van der Waals surface area contributed by atoms with Crippen molar-refractivity contribution in [3.8, 4) is 5.75 Å². The Labute approximate surface area is 77.8 Å². The van der Waals surface area contributed by atoms with E-state index in [0.29, 0.717) is 0 Å². The van der Waals surface area contributed by atoms with E-state index in [4.69, 9.17) is 10.2 Å². The molecule has 0 bridgehead atoms. The first-order chi connectivity index (χ1) is 6.50. The number of carboxylic acid groups (broad SMARTS) is 1. The van der Waals surface area contributed by atoms with Crippen LogP contribution in [0.5, 0.6) is 5.75 Å². The van der Waals surface area contributed by atoms with Crippen molar-refractivity contribution in [1.29, 1.82) is 0 Å². The van der Waals surface area contributed by atoms with Crippen LogP contribution in [0.25, 0.3) is 0 Å². The van der Waals surface area contributed by atoms with Crippen LogP contribution in [0.2, 0.25) is 0 Å². The lowest BCUT2D eigenvalue weighted by Gasteiger charge is -2.03. The number of nitrogens with one attached hydrogen (secondary N) is 1. The molecule has 0 saturated carbocycles. The van der Waals surface area contributed by atoms with Crippen LogP contribution in [0.15, 0.2) is 12.1 Å². The molecular formula is C8H7F2NO3. The van der Waals surface area contributed by atoms with E-state index in [1.54, 1.807) is 0 Å². The molecule has 0 aliphatic rings. The number of hydrogen-bond donors (Lipinski definition) is 3. The highest BCUT2D eigenvalue weighted by Crippen LogP contribution is 2.21. The van der Waals surface area contributed by atoms with E-state index < -0.39 is 23.5 Å². The Balaban J connectivity index is 2.84. The Bertz CT molecular complexity index is 345. The van der Waals surface area contributed by atoms with E-state index in [1.807, 2.05) is 5.32 Å². The Morgan fingerprint density at radius 3 is 2.29 bits per heavy atom. The molecule has 76 valence electrons. The van der Waals surface area contributed by atoms with Gasteiger partial charge in [-0.1, -0.05) is 0 Å². The second-order valence-corrected chi connectivity index (χ2v) is 2.57. The van der Waals surface area contributed by atoms with Gasteiger partial charge < -0.3 is 15.5 Å². The first-order valence-corrected chi connectivity index (χ1v) is 3.64. The van der Waals surface area contributed by atoms with Crippen LogP contribution >= 0.6 is 0 Å². The molecule has 0 aliphatic carbocycles. The summed E-state index contributed by atoms with van der Waals surface area (Å²) in [4.78, 5) is 10.1. The second-order valence-electron chi connectivity index (χ2n) is 2.57. The SMILES string of the molecule is O=C(O)NCc1cc(F)c(O)c(F)c1. The van der Waals surface area contributed by atoms with Gasteiger partial charge in [0.15, 0.2) is 17.4 Å². The molecule has 0 unspecified atom stereocenters. The number of aromatic hydroxyl groups is 1. The molecule has 0 saturated heterocycles. The molecule has 0 atom stereocenters. The predicted octanol–water partition coefficient (Wildman–Crippen LogP) is 1.44. The monoisotopic (exact) mass is 203 g/mol. The minimum atomic E-state index is -1.29. The van der Waals surface area contributed by atoms with Crippen molar-refractivity contribution in [1.82, 2.24) is 5.32 Å². The largest absolute Gasteiger partial charge is 0.503 e. The number of hydrogen-bond acceptors (Lipinski definition) is 2. The number of halogens is 2. The normalized spacial score (nSPS) is 9.86. The van der Waals surface area contributed by atoms with Crippen molar-refractivity contribution in [2.24, 2.45) is 0 Å². The number of phenols is 1. The lowest BCUT2D eigenvalue weighted by molar-refractivity contribution is 0.194. The van der Waals surface area contributed by atoms with E-state index >= 15 is 0 Å². The second kappa shape index (κ2) is 3.91. The molecule has 0 spiro atoms. The summed E-state index contributed by atoms with van der Waals surface area (Å²) in [5.74, 6) is -3.30. The lowest BCUT2D eigenvalue weighted by atomic mass is 10.2. The molecule has 0 aromatic heterocycles. The first-order valence-electron chi connectivity index (χ1n) is 3.64. The van der Waals surface area contributed by atoms with Crippen LogP contribution < -0.4 is 5.32 Å². The van der Waals surface area contributed by atoms with Gasteiger partial charge in [-0.3, -0.25) is 0 Å². The van der Waals surface area contributed by atoms with E-state index in [1.165, 1.54) is 0 Å². The fraction of sp³-hybridized carbons (Fsp3) is 0.125. The van der Waals surface area contributed by atoms with E-state index in [0.717, 1.165) is 12.1 Å². The number of benzene rings is 1. The Morgan fingerprint density at radius 1 is 1.36 bits per heavy atom. The summed E-state index contributed by atoms with van der Waals surface area (Å²) in [6.07, 6.45) is -1.29. The zero-order chi connectivity index (χ0) is 10.7. The average Bonchev–Trinajstić information content (AvgIpc) is 2.10. The zero-order valence-electron chi connectivity index (χ0n) is 6.92. The molecule has 0 heterocycles. The smallest absolute Gasteiger partial charge is 0.404 e. The standard InChI is InChI=1S/C8H7F2NO3/c9-5-1-4(3-11-8(13)14)2-6(10)7(5)12/h1-2,11-12H,3H2,(H,13,14). The van der Waals surface area contributed by atoms with Gasteiger partial charge in [-0.15, -0.1) is 0 Å². The summed E-state index contributed by atoms with van der Waals surface area (Å²) >= 11 is 0. The van der Waals surface area contributed by atoms with Gasteiger partial charge in [0.1, 0.15) is 0 Å². The van der Waals surface area contributed by atoms with Crippen LogP contribution in [0.1, 0.15) is 5.56 Å². The van der Waals surface area contributed by atoms with Crippen LogP contribution in [0.3, 0.4) is 0 Å². The quantitative estimate of drug-likeness (QED) is 0.681. The molecule has 1 rings (SSSR count). The number of amides is 1. The maximum absolute atomic E-state index is 12.7. The van der Waals surface area contributed by atoms with E-state index in [-0.39, 0.29) is 12.1 Å². The van der Waals surface area contributed by atoms with E-state index in [9.17, 15) is 13.6 Å². The number of phenolic OH excluding ortho intramolecular Hbond substituents is 1. The van der Waals surface area contributed by atoms with Crippen LogP contribution in [0, 0.1) is 11.6 Å². The molecule has 1 amide bonds. The fourth-order valence-electron chi connectivity index (χ4n) is 0.898. The topological polar surface area (TPSA) is 69.6 Å². The van der Waals surface area contributed by atoms with Crippen LogP contribution in [-0.2, 0) is 6.54 Å². The van der Waals surface area contributed by atoms with Gasteiger partial charge in [0.2, 0.25) is 0 Å². The van der Waals surface area contributed by atoms with E-state index in [2.05, 4.69) is 0 Å². The third-order valence-electron chi connectivity index (χ3n) is 1.52. The molecule has 0 aliphatic heterocycles. The maximum Gasteiger partial charge on any atom is 0.404 e. The molecular weight excluding hydrogens is 196 g/mol. The Morgan fingerprint density at radius 2 is 1.86 bits per heavy atom. The summed E-state index contributed by atoms with van der Waals surface area (Å²) in [5.41, 5.74) is 0.0974. The molecule has 6 heteroatoms. The first kappa shape index (κ1) is 10.2. The highest BCUT2D eigenvalue weighted by molar-refractivity contribution is 5.64. The van der Waals surface area contributed by atoms with Gasteiger partial charge >= 0.3 is 6.09 Å². The third-order valence-corrected chi connectivity index (χ3v) is 1.52. The Hall–Kier alpha value is -1.85. The molecule has 1 aromatic rings. The average molecular weight is 203 g/mol. The van der Waals surface area contributed by atoms with Gasteiger partial charge in [-0.05, 0) is 17.7 Å². The summed E-state index contributed by atoms with van der Waals surface area (Å²) in [6, 6.07) is 1.71. The third kappa shape index (κ3) is 2.32. The van der Waals surface area contributed by atoms with Gasteiger partial charge in [-0.25, -0.2) is 13.6 Å². The summed E-state index contributed by atoms with van der Waals surface area (Å²) in [5, 5.41) is 18.9. The van der Waals surface area contributed by atoms with Gasteiger partial charge in [-0.2, -0.15) is 0 Å². The minimum Gasteiger partial charge on any atom is -0.503 e. The highest BCUT2D eigenvalue weighted by Gasteiger charge is 2.09. The molecule has 3 N–H and O–H groups in total. The van der Waals surface area contributed by atoms with Crippen LogP contribution in [0.4, 0.5) is 13.6 Å². The zero-order valence-corrected chi connectivity index (χ0v) is 6.92. The van der Waals surface area contributed by atoms with Crippen molar-refractivity contribution in [2.45, 2.75) is 6.54 Å². The Kier molecular flexibility index (Phi) is 2.85. The fourth-order valence-corrected chi connectivity index (χ4v) is 0.898. The van der Waals surface area contributed by atoms with Crippen molar-refractivity contribution in [2.75, 3.05) is 0 Å². The molecule has 4 nitrogen and oxygen atoms in total. The van der Waals surface area contributed by atoms with Crippen molar-refractivity contribution in [3.63, 3.8) is 0 Å². The minimum absolute atomic E-state index is 0.0974. The van der Waals surface area contributed by atoms with Crippen molar-refractivity contribution < 1.29 is 23.8 Å². The van der Waals surface area contributed by atoms with Gasteiger partial charge in [0, 0.05) is 6.54 Å². The molecule has 0 radical (unpaired) electrons. The number of carbonyl (C=O) groups is 1. The summed E-state index contributed by atoms with van der Waals surface area (Å²) in [6.45, 7) is -0.219. The maximum atomic E-state index is 12.7. The molecule has 1 aromatic carbocycles. The lowest BCUT2D eigenvalue weighted by Crippen LogP contribution is -2.20. The molecule has 0 fully saturated rings. The molecule has 14 heavy (non-hydrogen) atoms. The summed E-state index contributed by atoms with van der Waals surface area (Å²) < 4.78 is 25.4. The van der Waals surface area contributed by atoms with Crippen molar-refractivity contribution in [3.05, 3.63) is 29.3 Å².